The lowest BCUT2D eigenvalue weighted by Gasteiger charge is -2.16. The number of carboxylic acid groups (broad SMARTS) is 1. The van der Waals surface area contributed by atoms with Gasteiger partial charge in [-0.2, -0.15) is 5.10 Å². The van der Waals surface area contributed by atoms with E-state index in [4.69, 9.17) is 4.52 Å². The minimum atomic E-state index is -1.73. The summed E-state index contributed by atoms with van der Waals surface area (Å²) in [5.74, 6) is -1.49. The van der Waals surface area contributed by atoms with E-state index in [1.54, 1.807) is 55.4 Å². The average Bonchev–Trinajstić information content (AvgIpc) is 3.60. The molecule has 1 aromatic carbocycles. The summed E-state index contributed by atoms with van der Waals surface area (Å²) in [5.41, 5.74) is 0.623. The number of benzene rings is 1. The largest absolute Gasteiger partial charge is 0.476 e. The number of nitrogens with zero attached hydrogens (tertiary/aromatic N) is 5. The summed E-state index contributed by atoms with van der Waals surface area (Å²) in [5, 5.41) is 32.5. The first-order chi connectivity index (χ1) is 16.2. The monoisotopic (exact) mass is 480 g/mol. The fourth-order valence-electron chi connectivity index (χ4n) is 3.79. The van der Waals surface area contributed by atoms with Gasteiger partial charge in [0.05, 0.1) is 11.9 Å². The Kier molecular flexibility index (Phi) is 5.18. The standard InChI is InChI=1S/C22H20N6O5S/c1-27-7-6-22(32,21(27)31)16-9-15(26-33-16)12-4-3-5-13(8-12)18-25-17(20(29)30)19(34-18)24-14-10-23-28(2)11-14/h3-5,8-11,24,32H,6-7H2,1-2H3,(H,29,30). The van der Waals surface area contributed by atoms with Crippen molar-refractivity contribution >= 4 is 33.9 Å². The third-order valence-electron chi connectivity index (χ3n) is 5.63. The number of aromatic nitrogens is 4. The number of likely N-dealkylation sites (tertiary alicyclic amines) is 1. The number of rotatable bonds is 6. The van der Waals surface area contributed by atoms with E-state index < -0.39 is 17.5 Å². The number of carbonyl (C=O) groups is 2. The molecule has 3 N–H and O–H groups in total. The number of nitrogens with one attached hydrogen (secondary N) is 1. The number of thiazole rings is 1. The molecule has 0 bridgehead atoms. The van der Waals surface area contributed by atoms with Crippen molar-refractivity contribution in [3.63, 3.8) is 0 Å². The van der Waals surface area contributed by atoms with Crippen LogP contribution in [0.5, 0.6) is 0 Å². The van der Waals surface area contributed by atoms with Crippen LogP contribution in [0.3, 0.4) is 0 Å². The number of aromatic carboxylic acids is 1. The molecule has 1 atom stereocenters. The molecule has 5 rings (SSSR count). The molecule has 0 aliphatic carbocycles. The molecule has 1 aliphatic rings. The van der Waals surface area contributed by atoms with Gasteiger partial charge in [0.15, 0.2) is 11.5 Å². The van der Waals surface area contributed by atoms with Crippen LogP contribution in [-0.2, 0) is 17.4 Å². The second kappa shape index (κ2) is 8.08. The molecule has 12 heteroatoms. The molecule has 4 heterocycles. The zero-order valence-electron chi connectivity index (χ0n) is 18.2. The number of aliphatic hydroxyl groups is 1. The number of likely N-dealkylation sites (N-methyl/N-ethyl adjacent to an activating group) is 1. The minimum Gasteiger partial charge on any atom is -0.476 e. The Labute approximate surface area is 197 Å². The maximum atomic E-state index is 12.4. The second-order valence-corrected chi connectivity index (χ2v) is 9.02. The molecule has 174 valence electrons. The van der Waals surface area contributed by atoms with Crippen LogP contribution in [0.25, 0.3) is 21.8 Å². The summed E-state index contributed by atoms with van der Waals surface area (Å²) >= 11 is 1.20. The molecule has 3 aromatic heterocycles. The molecular formula is C22H20N6O5S. The van der Waals surface area contributed by atoms with Crippen molar-refractivity contribution in [1.82, 2.24) is 24.8 Å². The Morgan fingerprint density at radius 2 is 2.06 bits per heavy atom. The Balaban J connectivity index is 1.46. The average molecular weight is 481 g/mol. The van der Waals surface area contributed by atoms with E-state index in [9.17, 15) is 19.8 Å². The summed E-state index contributed by atoms with van der Waals surface area (Å²) in [4.78, 5) is 29.9. The van der Waals surface area contributed by atoms with Gasteiger partial charge < -0.3 is 25.0 Å². The summed E-state index contributed by atoms with van der Waals surface area (Å²) in [7, 11) is 3.39. The quantitative estimate of drug-likeness (QED) is 0.379. The first kappa shape index (κ1) is 21.8. The van der Waals surface area contributed by atoms with E-state index in [1.807, 2.05) is 6.07 Å². The van der Waals surface area contributed by atoms with Crippen LogP contribution in [-0.4, -0.2) is 60.5 Å². The summed E-state index contributed by atoms with van der Waals surface area (Å²) < 4.78 is 6.94. The zero-order valence-corrected chi connectivity index (χ0v) is 19.0. The lowest BCUT2D eigenvalue weighted by molar-refractivity contribution is -0.144. The zero-order chi connectivity index (χ0) is 24.0. The Morgan fingerprint density at radius 3 is 2.74 bits per heavy atom. The summed E-state index contributed by atoms with van der Waals surface area (Å²) in [6, 6.07) is 8.76. The van der Waals surface area contributed by atoms with Gasteiger partial charge in [-0.3, -0.25) is 9.48 Å². The molecule has 1 fully saturated rings. The highest BCUT2D eigenvalue weighted by Crippen LogP contribution is 2.37. The maximum Gasteiger partial charge on any atom is 0.357 e. The van der Waals surface area contributed by atoms with Crippen LogP contribution >= 0.6 is 11.3 Å². The molecular weight excluding hydrogens is 460 g/mol. The predicted octanol–water partition coefficient (Wildman–Crippen LogP) is 2.69. The van der Waals surface area contributed by atoms with Crippen molar-refractivity contribution in [2.45, 2.75) is 12.0 Å². The normalized spacial score (nSPS) is 18.0. The van der Waals surface area contributed by atoms with Gasteiger partial charge in [0, 0.05) is 50.5 Å². The van der Waals surface area contributed by atoms with Gasteiger partial charge >= 0.3 is 5.97 Å². The smallest absolute Gasteiger partial charge is 0.357 e. The van der Waals surface area contributed by atoms with Crippen LogP contribution in [0.1, 0.15) is 22.7 Å². The van der Waals surface area contributed by atoms with Gasteiger partial charge in [-0.15, -0.1) is 0 Å². The highest BCUT2D eigenvalue weighted by atomic mass is 32.1. The molecule has 1 saturated heterocycles. The number of anilines is 2. The van der Waals surface area contributed by atoms with Gasteiger partial charge in [0.2, 0.25) is 5.60 Å². The maximum absolute atomic E-state index is 12.4. The van der Waals surface area contributed by atoms with Crippen molar-refractivity contribution in [3.8, 4) is 21.8 Å². The summed E-state index contributed by atoms with van der Waals surface area (Å²) in [6.07, 6.45) is 3.55. The van der Waals surface area contributed by atoms with Gasteiger partial charge in [-0.05, 0) is 6.07 Å². The lowest BCUT2D eigenvalue weighted by atomic mass is 9.98. The number of amides is 1. The molecule has 4 aromatic rings. The van der Waals surface area contributed by atoms with Crippen molar-refractivity contribution in [2.75, 3.05) is 18.9 Å². The number of hydrogen-bond donors (Lipinski definition) is 3. The van der Waals surface area contributed by atoms with E-state index in [0.29, 0.717) is 39.1 Å². The van der Waals surface area contributed by atoms with E-state index in [0.717, 1.165) is 0 Å². The van der Waals surface area contributed by atoms with Gasteiger partial charge in [-0.1, -0.05) is 34.7 Å². The Bertz CT molecular complexity index is 1410. The molecule has 1 unspecified atom stereocenters. The van der Waals surface area contributed by atoms with Crippen molar-refractivity contribution in [1.29, 1.82) is 0 Å². The minimum absolute atomic E-state index is 0.0904. The highest BCUT2D eigenvalue weighted by molar-refractivity contribution is 7.19. The van der Waals surface area contributed by atoms with Crippen LogP contribution in [0, 0.1) is 0 Å². The Hall–Kier alpha value is -4.03. The third kappa shape index (κ3) is 3.72. The van der Waals surface area contributed by atoms with Crippen LogP contribution in [0.15, 0.2) is 47.2 Å². The fourth-order valence-corrected chi connectivity index (χ4v) is 4.76. The number of hydrogen-bond acceptors (Lipinski definition) is 9. The molecule has 34 heavy (non-hydrogen) atoms. The van der Waals surface area contributed by atoms with Crippen LogP contribution < -0.4 is 5.32 Å². The van der Waals surface area contributed by atoms with Gasteiger partial charge in [0.1, 0.15) is 15.7 Å². The molecule has 11 nitrogen and oxygen atoms in total. The van der Waals surface area contributed by atoms with Gasteiger partial charge in [-0.25, -0.2) is 9.78 Å². The van der Waals surface area contributed by atoms with Crippen LogP contribution in [0.4, 0.5) is 10.7 Å². The van der Waals surface area contributed by atoms with Crippen molar-refractivity contribution in [2.24, 2.45) is 7.05 Å². The van der Waals surface area contributed by atoms with Crippen molar-refractivity contribution < 1.29 is 24.3 Å². The van der Waals surface area contributed by atoms with Gasteiger partial charge in [0.25, 0.3) is 5.91 Å². The molecule has 0 saturated carbocycles. The number of carboxylic acids is 1. The van der Waals surface area contributed by atoms with E-state index in [1.165, 1.54) is 16.2 Å². The van der Waals surface area contributed by atoms with E-state index in [2.05, 4.69) is 20.6 Å². The molecule has 1 aliphatic heterocycles. The number of carbonyl (C=O) groups excluding carboxylic acids is 1. The predicted molar refractivity (Wildman–Crippen MR) is 123 cm³/mol. The lowest BCUT2D eigenvalue weighted by Crippen LogP contribution is -2.35. The fraction of sp³-hybridized carbons (Fsp3) is 0.227. The first-order valence-electron chi connectivity index (χ1n) is 10.3. The third-order valence-corrected chi connectivity index (χ3v) is 6.64. The SMILES string of the molecule is CN1CCC(O)(c2cc(-c3cccc(-c4nc(C(=O)O)c(Nc5cnn(C)c5)s4)c3)no2)C1=O. The molecule has 1 amide bonds. The Morgan fingerprint density at radius 1 is 1.26 bits per heavy atom. The molecule has 0 radical (unpaired) electrons. The second-order valence-electron chi connectivity index (χ2n) is 8.02. The first-order valence-corrected chi connectivity index (χ1v) is 11.1. The van der Waals surface area contributed by atoms with Crippen LogP contribution in [0.2, 0.25) is 0 Å². The topological polar surface area (TPSA) is 147 Å². The number of aryl methyl sites for hydroxylation is 1. The molecule has 0 spiro atoms. The summed E-state index contributed by atoms with van der Waals surface area (Å²) in [6.45, 7) is 0.423. The van der Waals surface area contributed by atoms with E-state index in [-0.39, 0.29) is 17.9 Å². The highest BCUT2D eigenvalue weighted by Gasteiger charge is 2.48. The van der Waals surface area contributed by atoms with E-state index >= 15 is 0 Å². The van der Waals surface area contributed by atoms with Crippen molar-refractivity contribution in [3.05, 3.63) is 54.2 Å².